The summed E-state index contributed by atoms with van der Waals surface area (Å²) < 4.78 is 6.00. The van der Waals surface area contributed by atoms with Gasteiger partial charge < -0.3 is 4.42 Å². The highest BCUT2D eigenvalue weighted by molar-refractivity contribution is 6.86. The van der Waals surface area contributed by atoms with Crippen LogP contribution in [0.15, 0.2) is 40.8 Å². The number of benzene rings is 1. The molecule has 0 saturated heterocycles. The van der Waals surface area contributed by atoms with E-state index < -0.39 is 8.80 Å². The molecule has 0 atom stereocenters. The Kier molecular flexibility index (Phi) is 3.49. The lowest BCUT2D eigenvalue weighted by Crippen LogP contribution is -2.48. The molecule has 1 heterocycles. The Hall–Kier alpha value is -1.28. The van der Waals surface area contributed by atoms with Crippen LogP contribution in [0.2, 0.25) is 5.04 Å². The largest absolute Gasteiger partial charge is 0.471 e. The zero-order valence-corrected chi connectivity index (χ0v) is 12.9. The van der Waals surface area contributed by atoms with Gasteiger partial charge in [-0.3, -0.25) is 0 Å². The van der Waals surface area contributed by atoms with E-state index >= 15 is 0 Å². The summed E-state index contributed by atoms with van der Waals surface area (Å²) in [5, 5.41) is 2.83. The molecule has 0 aliphatic rings. The van der Waals surface area contributed by atoms with E-state index in [4.69, 9.17) is 4.42 Å². The number of furan rings is 1. The Labute approximate surface area is 111 Å². The van der Waals surface area contributed by atoms with Gasteiger partial charge in [0.25, 0.3) is 0 Å². The Morgan fingerprint density at radius 3 is 2.06 bits per heavy atom. The molecule has 0 aliphatic heterocycles. The fourth-order valence-corrected chi connectivity index (χ4v) is 5.28. The first-order valence-corrected chi connectivity index (χ1v) is 7.90. The first kappa shape index (κ1) is 13.2. The van der Waals surface area contributed by atoms with Gasteiger partial charge in [0, 0.05) is 0 Å². The molecule has 0 N–H and O–H groups in total. The molecular formula is C16H21OSi. The van der Waals surface area contributed by atoms with Gasteiger partial charge in [-0.05, 0) is 30.5 Å². The van der Waals surface area contributed by atoms with Gasteiger partial charge in [-0.2, -0.15) is 0 Å². The standard InChI is InChI=1S/C16H21OSi/c1-12-11-15(17-13(12)2)18(16(3,4)5)14-9-7-6-8-10-14/h6-11H,1-5H3. The van der Waals surface area contributed by atoms with Crippen molar-refractivity contribution in [1.82, 2.24) is 0 Å². The molecule has 0 bridgehead atoms. The van der Waals surface area contributed by atoms with Crippen LogP contribution < -0.4 is 10.6 Å². The summed E-state index contributed by atoms with van der Waals surface area (Å²) in [5.41, 5.74) is 1.26. The molecule has 1 radical (unpaired) electrons. The van der Waals surface area contributed by atoms with Crippen molar-refractivity contribution >= 4 is 19.4 Å². The summed E-state index contributed by atoms with van der Waals surface area (Å²) >= 11 is 0. The van der Waals surface area contributed by atoms with Gasteiger partial charge >= 0.3 is 0 Å². The maximum atomic E-state index is 6.00. The fourth-order valence-electron chi connectivity index (χ4n) is 2.25. The molecule has 2 rings (SSSR count). The second-order valence-electron chi connectivity index (χ2n) is 5.84. The highest BCUT2D eigenvalue weighted by atomic mass is 28.3. The molecular weight excluding hydrogens is 236 g/mol. The summed E-state index contributed by atoms with van der Waals surface area (Å²) in [6.07, 6.45) is 0. The molecule has 0 aliphatic carbocycles. The molecule has 2 aromatic rings. The molecule has 2 heteroatoms. The van der Waals surface area contributed by atoms with Crippen molar-refractivity contribution in [1.29, 1.82) is 0 Å². The van der Waals surface area contributed by atoms with Crippen LogP contribution in [-0.4, -0.2) is 8.80 Å². The third kappa shape index (κ3) is 2.59. The van der Waals surface area contributed by atoms with Crippen molar-refractivity contribution < 1.29 is 4.42 Å². The van der Waals surface area contributed by atoms with E-state index in [1.54, 1.807) is 0 Å². The maximum Gasteiger partial charge on any atom is 0.174 e. The lowest BCUT2D eigenvalue weighted by Gasteiger charge is -2.27. The number of hydrogen-bond donors (Lipinski definition) is 0. The first-order chi connectivity index (χ1) is 8.39. The minimum atomic E-state index is -0.883. The third-order valence-electron chi connectivity index (χ3n) is 3.22. The van der Waals surface area contributed by atoms with Gasteiger partial charge in [0.15, 0.2) is 8.80 Å². The van der Waals surface area contributed by atoms with Gasteiger partial charge in [-0.15, -0.1) is 0 Å². The van der Waals surface area contributed by atoms with Gasteiger partial charge in [0.1, 0.15) is 5.76 Å². The van der Waals surface area contributed by atoms with Crippen LogP contribution in [0.5, 0.6) is 0 Å². The Balaban J connectivity index is 2.51. The lowest BCUT2D eigenvalue weighted by molar-refractivity contribution is 0.556. The van der Waals surface area contributed by atoms with Crippen molar-refractivity contribution in [2.24, 2.45) is 0 Å². The molecule has 18 heavy (non-hydrogen) atoms. The van der Waals surface area contributed by atoms with Crippen LogP contribution in [0, 0.1) is 13.8 Å². The minimum Gasteiger partial charge on any atom is -0.471 e. The molecule has 1 nitrogen and oxygen atoms in total. The molecule has 0 fully saturated rings. The summed E-state index contributed by atoms with van der Waals surface area (Å²) in [5.74, 6) is 1.05. The van der Waals surface area contributed by atoms with E-state index in [1.165, 1.54) is 16.1 Å². The summed E-state index contributed by atoms with van der Waals surface area (Å²) in [4.78, 5) is 0. The summed E-state index contributed by atoms with van der Waals surface area (Å²) in [6.45, 7) is 11.1. The molecule has 0 amide bonds. The first-order valence-electron chi connectivity index (χ1n) is 6.40. The normalized spacial score (nSPS) is 12.1. The molecule has 0 unspecified atom stereocenters. The Morgan fingerprint density at radius 2 is 1.61 bits per heavy atom. The van der Waals surface area contributed by atoms with E-state index in [0.29, 0.717) is 0 Å². The van der Waals surface area contributed by atoms with E-state index in [-0.39, 0.29) is 5.04 Å². The highest BCUT2D eigenvalue weighted by Crippen LogP contribution is 2.27. The number of hydrogen-bond acceptors (Lipinski definition) is 1. The van der Waals surface area contributed by atoms with Crippen LogP contribution in [0.3, 0.4) is 0 Å². The fraction of sp³-hybridized carbons (Fsp3) is 0.375. The lowest BCUT2D eigenvalue weighted by atomic mass is 10.2. The highest BCUT2D eigenvalue weighted by Gasteiger charge is 2.33. The van der Waals surface area contributed by atoms with Crippen molar-refractivity contribution in [2.75, 3.05) is 0 Å². The van der Waals surface area contributed by atoms with Crippen molar-refractivity contribution in [3.8, 4) is 0 Å². The number of aryl methyl sites for hydroxylation is 2. The quantitative estimate of drug-likeness (QED) is 0.752. The van der Waals surface area contributed by atoms with Gasteiger partial charge in [-0.25, -0.2) is 0 Å². The molecule has 0 spiro atoms. The Bertz CT molecular complexity index is 500. The maximum absolute atomic E-state index is 6.00. The van der Waals surface area contributed by atoms with E-state index in [2.05, 4.69) is 64.1 Å². The van der Waals surface area contributed by atoms with Crippen LogP contribution in [0.4, 0.5) is 0 Å². The number of rotatable bonds is 2. The zero-order chi connectivity index (χ0) is 13.3. The van der Waals surface area contributed by atoms with Crippen molar-refractivity contribution in [3.05, 3.63) is 47.7 Å². The average Bonchev–Trinajstić information content (AvgIpc) is 2.58. The van der Waals surface area contributed by atoms with Crippen LogP contribution in [0.25, 0.3) is 0 Å². The van der Waals surface area contributed by atoms with Crippen LogP contribution in [-0.2, 0) is 0 Å². The SMILES string of the molecule is Cc1cc([Si](c2ccccc2)C(C)(C)C)oc1C. The molecule has 1 aromatic heterocycles. The summed E-state index contributed by atoms with van der Waals surface area (Å²) in [6, 6.07) is 13.0. The van der Waals surface area contributed by atoms with Crippen molar-refractivity contribution in [2.45, 2.75) is 39.7 Å². The van der Waals surface area contributed by atoms with Crippen molar-refractivity contribution in [3.63, 3.8) is 0 Å². The zero-order valence-electron chi connectivity index (χ0n) is 11.9. The smallest absolute Gasteiger partial charge is 0.174 e. The predicted molar refractivity (Wildman–Crippen MR) is 79.4 cm³/mol. The summed E-state index contributed by atoms with van der Waals surface area (Å²) in [7, 11) is -0.883. The molecule has 0 saturated carbocycles. The van der Waals surface area contributed by atoms with Gasteiger partial charge in [0.2, 0.25) is 0 Å². The second kappa shape index (κ2) is 4.77. The molecule has 95 valence electrons. The Morgan fingerprint density at radius 1 is 1.00 bits per heavy atom. The second-order valence-corrected chi connectivity index (χ2v) is 9.16. The van der Waals surface area contributed by atoms with Gasteiger partial charge in [-0.1, -0.05) is 56.3 Å². The average molecular weight is 257 g/mol. The van der Waals surface area contributed by atoms with Crippen LogP contribution >= 0.6 is 0 Å². The monoisotopic (exact) mass is 257 g/mol. The van der Waals surface area contributed by atoms with Crippen LogP contribution in [0.1, 0.15) is 32.1 Å². The van der Waals surface area contributed by atoms with Gasteiger partial charge in [0.05, 0.1) is 5.38 Å². The predicted octanol–water partition coefficient (Wildman–Crippen LogP) is 3.31. The topological polar surface area (TPSA) is 13.1 Å². The third-order valence-corrected chi connectivity index (χ3v) is 6.37. The van der Waals surface area contributed by atoms with E-state index in [0.717, 1.165) is 5.76 Å². The van der Waals surface area contributed by atoms with E-state index in [9.17, 15) is 0 Å². The minimum absolute atomic E-state index is 0.239. The van der Waals surface area contributed by atoms with E-state index in [1.807, 2.05) is 6.92 Å². The molecule has 1 aromatic carbocycles.